The van der Waals surface area contributed by atoms with Crippen molar-refractivity contribution in [2.45, 2.75) is 19.6 Å². The maximum atomic E-state index is 14.3. The monoisotopic (exact) mass is 333 g/mol. The Bertz CT molecular complexity index is 684. The number of halogens is 1. The van der Waals surface area contributed by atoms with Crippen LogP contribution in [0.3, 0.4) is 0 Å². The smallest absolute Gasteiger partial charge is 0.338 e. The van der Waals surface area contributed by atoms with Crippen LogP contribution in [-0.4, -0.2) is 48.2 Å². The number of aromatic nitrogens is 2. The zero-order valence-electron chi connectivity index (χ0n) is 13.5. The first-order valence-corrected chi connectivity index (χ1v) is 7.94. The standard InChI is InChI=1S/C17H20FN3O3/c1-13(12-21-6-2-5-19-21)24-17(22)14-3-4-16(15(18)11-14)20-7-9-23-10-8-20/h2-6,11,13H,7-10,12H2,1H3/t13-/m0/s1. The van der Waals surface area contributed by atoms with Crippen molar-refractivity contribution in [3.8, 4) is 0 Å². The lowest BCUT2D eigenvalue weighted by Crippen LogP contribution is -2.36. The van der Waals surface area contributed by atoms with Gasteiger partial charge in [-0.2, -0.15) is 5.10 Å². The zero-order valence-corrected chi connectivity index (χ0v) is 13.5. The molecule has 0 saturated carbocycles. The molecule has 0 radical (unpaired) electrons. The minimum absolute atomic E-state index is 0.205. The van der Waals surface area contributed by atoms with E-state index in [-0.39, 0.29) is 11.7 Å². The van der Waals surface area contributed by atoms with Crippen LogP contribution in [0.5, 0.6) is 0 Å². The molecule has 24 heavy (non-hydrogen) atoms. The van der Waals surface area contributed by atoms with Crippen LogP contribution >= 0.6 is 0 Å². The Morgan fingerprint density at radius 3 is 2.88 bits per heavy atom. The molecule has 2 aromatic rings. The molecule has 3 rings (SSSR count). The molecule has 1 aliphatic rings. The summed E-state index contributed by atoms with van der Waals surface area (Å²) in [6.45, 7) is 4.66. The normalized spacial score (nSPS) is 16.0. The molecule has 6 nitrogen and oxygen atoms in total. The second kappa shape index (κ2) is 7.44. The van der Waals surface area contributed by atoms with E-state index in [0.717, 1.165) is 0 Å². The lowest BCUT2D eigenvalue weighted by Gasteiger charge is -2.29. The van der Waals surface area contributed by atoms with E-state index in [1.54, 1.807) is 42.2 Å². The van der Waals surface area contributed by atoms with E-state index in [1.165, 1.54) is 6.07 Å². The van der Waals surface area contributed by atoms with E-state index in [2.05, 4.69) is 5.10 Å². The summed E-state index contributed by atoms with van der Waals surface area (Å²) < 4.78 is 26.6. The molecular formula is C17H20FN3O3. The third-order valence-corrected chi connectivity index (χ3v) is 3.85. The first-order valence-electron chi connectivity index (χ1n) is 7.94. The number of rotatable bonds is 5. The minimum atomic E-state index is -0.540. The van der Waals surface area contributed by atoms with Gasteiger partial charge in [0.25, 0.3) is 0 Å². The Labute approximate surface area is 139 Å². The van der Waals surface area contributed by atoms with Crippen molar-refractivity contribution in [3.63, 3.8) is 0 Å². The summed E-state index contributed by atoms with van der Waals surface area (Å²) in [6, 6.07) is 6.24. The van der Waals surface area contributed by atoms with Gasteiger partial charge >= 0.3 is 5.97 Å². The molecule has 0 amide bonds. The lowest BCUT2D eigenvalue weighted by molar-refractivity contribution is 0.0298. The van der Waals surface area contributed by atoms with E-state index in [0.29, 0.717) is 38.5 Å². The molecule has 0 aliphatic carbocycles. The van der Waals surface area contributed by atoms with Crippen LogP contribution in [0.4, 0.5) is 10.1 Å². The van der Waals surface area contributed by atoms with Crippen LogP contribution in [0.25, 0.3) is 0 Å². The van der Waals surface area contributed by atoms with Gasteiger partial charge in [0.2, 0.25) is 0 Å². The van der Waals surface area contributed by atoms with Gasteiger partial charge in [0.1, 0.15) is 11.9 Å². The average molecular weight is 333 g/mol. The maximum absolute atomic E-state index is 14.3. The summed E-state index contributed by atoms with van der Waals surface area (Å²) in [5.41, 5.74) is 0.691. The SMILES string of the molecule is C[C@@H](Cn1cccn1)OC(=O)c1ccc(N2CCOCC2)c(F)c1. The fraction of sp³-hybridized carbons (Fsp3) is 0.412. The Balaban J connectivity index is 1.63. The zero-order chi connectivity index (χ0) is 16.9. The summed E-state index contributed by atoms with van der Waals surface area (Å²) in [7, 11) is 0. The Morgan fingerprint density at radius 1 is 1.42 bits per heavy atom. The molecule has 0 unspecified atom stereocenters. The molecule has 1 aromatic heterocycles. The van der Waals surface area contributed by atoms with E-state index in [4.69, 9.17) is 9.47 Å². The maximum Gasteiger partial charge on any atom is 0.338 e. The molecule has 1 aliphatic heterocycles. The summed E-state index contributed by atoms with van der Waals surface area (Å²) in [6.07, 6.45) is 3.09. The molecule has 2 heterocycles. The van der Waals surface area contributed by atoms with Crippen LogP contribution in [0.1, 0.15) is 17.3 Å². The van der Waals surface area contributed by atoms with Gasteiger partial charge in [0.05, 0.1) is 31.0 Å². The van der Waals surface area contributed by atoms with E-state index < -0.39 is 11.8 Å². The molecule has 0 spiro atoms. The second-order valence-corrected chi connectivity index (χ2v) is 5.71. The van der Waals surface area contributed by atoms with Gasteiger partial charge in [-0.05, 0) is 31.2 Å². The molecule has 0 N–H and O–H groups in total. The van der Waals surface area contributed by atoms with Crippen molar-refractivity contribution in [1.82, 2.24) is 9.78 Å². The van der Waals surface area contributed by atoms with Crippen LogP contribution < -0.4 is 4.90 Å². The highest BCUT2D eigenvalue weighted by molar-refractivity contribution is 5.90. The first-order chi connectivity index (χ1) is 11.6. The molecule has 1 atom stereocenters. The van der Waals surface area contributed by atoms with Crippen molar-refractivity contribution in [3.05, 3.63) is 48.0 Å². The third kappa shape index (κ3) is 3.91. The highest BCUT2D eigenvalue weighted by Gasteiger charge is 2.18. The number of nitrogens with zero attached hydrogens (tertiary/aromatic N) is 3. The number of hydrogen-bond acceptors (Lipinski definition) is 5. The molecule has 1 saturated heterocycles. The van der Waals surface area contributed by atoms with Crippen molar-refractivity contribution in [1.29, 1.82) is 0 Å². The van der Waals surface area contributed by atoms with Crippen molar-refractivity contribution < 1.29 is 18.7 Å². The predicted octanol–water partition coefficient (Wildman–Crippen LogP) is 2.10. The number of carbonyl (C=O) groups is 1. The molecule has 1 aromatic carbocycles. The highest BCUT2D eigenvalue weighted by atomic mass is 19.1. The average Bonchev–Trinajstić information content (AvgIpc) is 3.08. The van der Waals surface area contributed by atoms with E-state index >= 15 is 0 Å². The molecular weight excluding hydrogens is 313 g/mol. The number of morpholine rings is 1. The number of hydrogen-bond donors (Lipinski definition) is 0. The summed E-state index contributed by atoms with van der Waals surface area (Å²) in [5, 5.41) is 4.06. The van der Waals surface area contributed by atoms with Gasteiger partial charge in [-0.25, -0.2) is 9.18 Å². The summed E-state index contributed by atoms with van der Waals surface area (Å²) in [5.74, 6) is -0.965. The van der Waals surface area contributed by atoms with Gasteiger partial charge in [-0.1, -0.05) is 0 Å². The summed E-state index contributed by atoms with van der Waals surface area (Å²) in [4.78, 5) is 14.1. The van der Waals surface area contributed by atoms with E-state index in [9.17, 15) is 9.18 Å². The van der Waals surface area contributed by atoms with Crippen LogP contribution in [0, 0.1) is 5.82 Å². The molecule has 7 heteroatoms. The van der Waals surface area contributed by atoms with Gasteiger partial charge < -0.3 is 14.4 Å². The van der Waals surface area contributed by atoms with Gasteiger partial charge in [0, 0.05) is 25.5 Å². The lowest BCUT2D eigenvalue weighted by atomic mass is 10.1. The van der Waals surface area contributed by atoms with Crippen molar-refractivity contribution in [2.24, 2.45) is 0 Å². The Kier molecular flexibility index (Phi) is 5.10. The largest absolute Gasteiger partial charge is 0.457 e. The van der Waals surface area contributed by atoms with Crippen molar-refractivity contribution >= 4 is 11.7 Å². The fourth-order valence-corrected chi connectivity index (χ4v) is 2.65. The molecule has 0 bridgehead atoms. The predicted molar refractivity (Wildman–Crippen MR) is 86.5 cm³/mol. The van der Waals surface area contributed by atoms with Gasteiger partial charge in [0.15, 0.2) is 0 Å². The van der Waals surface area contributed by atoms with Gasteiger partial charge in [-0.3, -0.25) is 4.68 Å². The van der Waals surface area contributed by atoms with Crippen molar-refractivity contribution in [2.75, 3.05) is 31.2 Å². The Hall–Kier alpha value is -2.41. The second-order valence-electron chi connectivity index (χ2n) is 5.71. The van der Waals surface area contributed by atoms with Gasteiger partial charge in [-0.15, -0.1) is 0 Å². The van der Waals surface area contributed by atoms with Crippen LogP contribution in [0.15, 0.2) is 36.7 Å². The fourth-order valence-electron chi connectivity index (χ4n) is 2.65. The molecule has 1 fully saturated rings. The highest BCUT2D eigenvalue weighted by Crippen LogP contribution is 2.22. The minimum Gasteiger partial charge on any atom is -0.457 e. The number of benzene rings is 1. The summed E-state index contributed by atoms with van der Waals surface area (Å²) >= 11 is 0. The number of anilines is 1. The van der Waals surface area contributed by atoms with Crippen LogP contribution in [0.2, 0.25) is 0 Å². The third-order valence-electron chi connectivity index (χ3n) is 3.85. The number of carbonyl (C=O) groups excluding carboxylic acids is 1. The Morgan fingerprint density at radius 2 is 2.21 bits per heavy atom. The topological polar surface area (TPSA) is 56.6 Å². The number of esters is 1. The quantitative estimate of drug-likeness (QED) is 0.785. The molecule has 128 valence electrons. The first kappa shape index (κ1) is 16.4. The number of ether oxygens (including phenoxy) is 2. The van der Waals surface area contributed by atoms with E-state index in [1.807, 2.05) is 4.90 Å². The van der Waals surface area contributed by atoms with Crippen LogP contribution in [-0.2, 0) is 16.0 Å².